The zero-order chi connectivity index (χ0) is 12.4. The molecular weight excluding hydrogens is 242 g/mol. The van der Waals surface area contributed by atoms with Crippen molar-refractivity contribution in [2.45, 2.75) is 6.54 Å². The molecule has 0 saturated heterocycles. The van der Waals surface area contributed by atoms with E-state index < -0.39 is 0 Å². The first kappa shape index (κ1) is 9.27. The Labute approximate surface area is 107 Å². The van der Waals surface area contributed by atoms with Crippen LogP contribution in [0.5, 0.6) is 0 Å². The van der Waals surface area contributed by atoms with Crippen molar-refractivity contribution >= 4 is 22.3 Å². The fourth-order valence-electron chi connectivity index (χ4n) is 2.70. The Morgan fingerprint density at radius 2 is 1.95 bits per heavy atom. The minimum absolute atomic E-state index is 0.735. The van der Waals surface area contributed by atoms with Gasteiger partial charge >= 0.3 is 11.6 Å². The normalized spacial score (nSPS) is 13.1. The predicted octanol–water partition coefficient (Wildman–Crippen LogP) is 2.29. The second-order valence-electron chi connectivity index (χ2n) is 4.63. The van der Waals surface area contributed by atoms with E-state index in [0.717, 1.165) is 45.8 Å². The highest BCUT2D eigenvalue weighted by molar-refractivity contribution is 5.98. The summed E-state index contributed by atoms with van der Waals surface area (Å²) >= 11 is 0. The lowest BCUT2D eigenvalue weighted by atomic mass is 10.2. The number of pyridine rings is 2. The highest BCUT2D eigenvalue weighted by Gasteiger charge is 2.37. The molecule has 0 radical (unpaired) electrons. The summed E-state index contributed by atoms with van der Waals surface area (Å²) in [5.41, 5.74) is 4.56. The first-order chi connectivity index (χ1) is 9.42. The molecule has 0 saturated carbocycles. The molecule has 0 N–H and O–H groups in total. The van der Waals surface area contributed by atoms with E-state index in [-0.39, 0.29) is 0 Å². The van der Waals surface area contributed by atoms with Crippen molar-refractivity contribution in [3.05, 3.63) is 42.5 Å². The summed E-state index contributed by atoms with van der Waals surface area (Å²) < 4.78 is 13.9. The van der Waals surface area contributed by atoms with Crippen LogP contribution in [0.4, 0.5) is 0 Å². The third-order valence-electron chi connectivity index (χ3n) is 3.58. The minimum atomic E-state index is 0.735. The van der Waals surface area contributed by atoms with Crippen molar-refractivity contribution < 1.29 is 13.4 Å². The lowest BCUT2D eigenvalue weighted by molar-refractivity contribution is -0.655. The summed E-state index contributed by atoms with van der Waals surface area (Å²) in [6.45, 7) is 0.735. The summed E-state index contributed by atoms with van der Waals surface area (Å²) in [4.78, 5) is 8.27. The molecule has 4 aromatic rings. The van der Waals surface area contributed by atoms with E-state index in [1.54, 1.807) is 18.6 Å². The van der Waals surface area contributed by atoms with Gasteiger partial charge in [0.2, 0.25) is 0 Å². The van der Waals surface area contributed by atoms with E-state index in [1.165, 1.54) is 0 Å². The van der Waals surface area contributed by atoms with E-state index in [4.69, 9.17) is 8.83 Å². The van der Waals surface area contributed by atoms with Gasteiger partial charge in [0.15, 0.2) is 6.54 Å². The standard InChI is InChI=1S/C14H8N3O2/c1-3-15-5-8-7-17-13(9(1)8)19-12-10-6-16-4-2-11(10)18-14(12)17/h1-6H,7H2/q+1. The topological polar surface area (TPSA) is 55.9 Å². The fraction of sp³-hybridized carbons (Fsp3) is 0.0714. The van der Waals surface area contributed by atoms with Crippen molar-refractivity contribution in [2.24, 2.45) is 0 Å². The van der Waals surface area contributed by atoms with Crippen LogP contribution in [0.2, 0.25) is 0 Å². The first-order valence-electron chi connectivity index (χ1n) is 6.04. The molecule has 1 aliphatic heterocycles. The minimum Gasteiger partial charge on any atom is -0.401 e. The van der Waals surface area contributed by atoms with Crippen LogP contribution in [0.1, 0.15) is 5.56 Å². The average Bonchev–Trinajstić information content (AvgIpc) is 3.07. The van der Waals surface area contributed by atoms with Gasteiger partial charge in [-0.15, -0.1) is 4.57 Å². The second-order valence-corrected chi connectivity index (χ2v) is 4.63. The van der Waals surface area contributed by atoms with E-state index in [2.05, 4.69) is 9.97 Å². The van der Waals surface area contributed by atoms with E-state index in [1.807, 2.05) is 22.9 Å². The van der Waals surface area contributed by atoms with Crippen LogP contribution in [-0.4, -0.2) is 9.97 Å². The number of aromatic nitrogens is 3. The molecule has 5 heteroatoms. The number of nitrogens with zero attached hydrogens (tertiary/aromatic N) is 3. The molecule has 90 valence electrons. The zero-order valence-electron chi connectivity index (χ0n) is 9.83. The van der Waals surface area contributed by atoms with Crippen molar-refractivity contribution in [1.82, 2.24) is 9.97 Å². The number of oxazole rings is 1. The first-order valence-corrected chi connectivity index (χ1v) is 6.04. The van der Waals surface area contributed by atoms with Crippen LogP contribution >= 0.6 is 0 Å². The fourth-order valence-corrected chi connectivity index (χ4v) is 2.70. The van der Waals surface area contributed by atoms with Crippen LogP contribution in [0.3, 0.4) is 0 Å². The SMILES string of the molecule is c1cc2c(cn1)C[n+]1c-2oc2c3cnccc3oc21. The third-order valence-corrected chi connectivity index (χ3v) is 3.58. The van der Waals surface area contributed by atoms with Crippen molar-refractivity contribution in [1.29, 1.82) is 0 Å². The van der Waals surface area contributed by atoms with Crippen LogP contribution < -0.4 is 4.57 Å². The molecule has 0 bridgehead atoms. The molecule has 0 atom stereocenters. The monoisotopic (exact) mass is 250 g/mol. The van der Waals surface area contributed by atoms with Gasteiger partial charge < -0.3 is 8.83 Å². The number of fused-ring (bicyclic) bond motifs is 7. The van der Waals surface area contributed by atoms with Gasteiger partial charge in [-0.3, -0.25) is 9.97 Å². The summed E-state index contributed by atoms with van der Waals surface area (Å²) in [6, 6.07) is 3.82. The van der Waals surface area contributed by atoms with Crippen molar-refractivity contribution in [3.63, 3.8) is 0 Å². The predicted molar refractivity (Wildman–Crippen MR) is 66.3 cm³/mol. The Hall–Kier alpha value is -2.69. The molecule has 0 aliphatic carbocycles. The number of hydrogen-bond acceptors (Lipinski definition) is 4. The van der Waals surface area contributed by atoms with Crippen LogP contribution in [0.15, 0.2) is 45.8 Å². The maximum atomic E-state index is 5.99. The quantitative estimate of drug-likeness (QED) is 0.396. The smallest absolute Gasteiger partial charge is 0.401 e. The Morgan fingerprint density at radius 3 is 2.95 bits per heavy atom. The molecule has 0 aromatic carbocycles. The molecule has 0 spiro atoms. The molecular formula is C14H8N3O2+. The summed E-state index contributed by atoms with van der Waals surface area (Å²) in [6.07, 6.45) is 7.13. The third kappa shape index (κ3) is 1.03. The lowest BCUT2D eigenvalue weighted by Gasteiger charge is -1.88. The van der Waals surface area contributed by atoms with Gasteiger partial charge in [0, 0.05) is 30.9 Å². The van der Waals surface area contributed by atoms with Gasteiger partial charge in [-0.2, -0.15) is 0 Å². The van der Waals surface area contributed by atoms with Crippen LogP contribution in [0.25, 0.3) is 33.7 Å². The molecule has 0 amide bonds. The summed E-state index contributed by atoms with van der Waals surface area (Å²) in [5, 5.41) is 0.912. The summed E-state index contributed by atoms with van der Waals surface area (Å²) in [5.74, 6) is 0.830. The summed E-state index contributed by atoms with van der Waals surface area (Å²) in [7, 11) is 0. The maximum Gasteiger partial charge on any atom is 0.422 e. The van der Waals surface area contributed by atoms with E-state index in [9.17, 15) is 0 Å². The second kappa shape index (κ2) is 3.00. The Balaban J connectivity index is 1.93. The molecule has 0 unspecified atom stereocenters. The molecule has 1 aliphatic rings. The Kier molecular flexibility index (Phi) is 1.46. The molecule has 19 heavy (non-hydrogen) atoms. The molecule has 4 aromatic heterocycles. The molecule has 5 heterocycles. The van der Waals surface area contributed by atoms with Gasteiger partial charge in [0.05, 0.1) is 16.5 Å². The van der Waals surface area contributed by atoms with Gasteiger partial charge in [0.25, 0.3) is 5.58 Å². The van der Waals surface area contributed by atoms with Crippen molar-refractivity contribution in [3.8, 4) is 11.5 Å². The number of rotatable bonds is 0. The Bertz CT molecular complexity index is 952. The Morgan fingerprint density at radius 1 is 1.05 bits per heavy atom. The lowest BCUT2D eigenvalue weighted by Crippen LogP contribution is -2.30. The van der Waals surface area contributed by atoms with Crippen LogP contribution in [0, 0.1) is 0 Å². The highest BCUT2D eigenvalue weighted by Crippen LogP contribution is 2.34. The van der Waals surface area contributed by atoms with Gasteiger partial charge in [-0.25, -0.2) is 0 Å². The number of furan rings is 1. The van der Waals surface area contributed by atoms with Gasteiger partial charge in [-0.1, -0.05) is 0 Å². The van der Waals surface area contributed by atoms with E-state index in [0.29, 0.717) is 0 Å². The van der Waals surface area contributed by atoms with Gasteiger partial charge in [-0.05, 0) is 6.07 Å². The van der Waals surface area contributed by atoms with E-state index >= 15 is 0 Å². The largest absolute Gasteiger partial charge is 0.422 e. The maximum absolute atomic E-state index is 5.99. The highest BCUT2D eigenvalue weighted by atomic mass is 16.4. The molecule has 0 fully saturated rings. The van der Waals surface area contributed by atoms with Crippen LogP contribution in [-0.2, 0) is 6.54 Å². The molecule has 5 nitrogen and oxygen atoms in total. The average molecular weight is 250 g/mol. The zero-order valence-corrected chi connectivity index (χ0v) is 9.83. The number of hydrogen-bond donors (Lipinski definition) is 0. The molecule has 5 rings (SSSR count). The van der Waals surface area contributed by atoms with Gasteiger partial charge in [0.1, 0.15) is 5.58 Å². The van der Waals surface area contributed by atoms with Crippen molar-refractivity contribution in [2.75, 3.05) is 0 Å².